The monoisotopic (exact) mass is 316 g/mol. The Bertz CT molecular complexity index is 548. The van der Waals surface area contributed by atoms with E-state index in [1.807, 2.05) is 0 Å². The second kappa shape index (κ2) is 6.79. The van der Waals surface area contributed by atoms with Gasteiger partial charge in [-0.1, -0.05) is 11.6 Å². The van der Waals surface area contributed by atoms with E-state index in [-0.39, 0.29) is 22.9 Å². The fourth-order valence-corrected chi connectivity index (χ4v) is 1.99. The van der Waals surface area contributed by atoms with Gasteiger partial charge in [0.15, 0.2) is 0 Å². The van der Waals surface area contributed by atoms with Crippen LogP contribution in [0.1, 0.15) is 17.3 Å². The Morgan fingerprint density at radius 2 is 2.24 bits per heavy atom. The summed E-state index contributed by atoms with van der Waals surface area (Å²) in [6.07, 6.45) is 0.974. The average Bonchev–Trinajstić information content (AvgIpc) is 2.34. The van der Waals surface area contributed by atoms with E-state index < -0.39 is 16.4 Å². The van der Waals surface area contributed by atoms with E-state index in [2.05, 4.69) is 10.3 Å². The zero-order chi connectivity index (χ0) is 16.2. The number of aliphatic hydroxyl groups is 1. The standard InChI is InChI=1S/C12H17ClN4O4/c1-12(19,7-16(2)3)6-15-11(18)9-4-8(17(20)21)5-14-10(9)13/h4-5,19H,6-7H2,1-3H3,(H,15,18). The lowest BCUT2D eigenvalue weighted by molar-refractivity contribution is -0.385. The van der Waals surface area contributed by atoms with E-state index in [0.29, 0.717) is 6.54 Å². The van der Waals surface area contributed by atoms with E-state index >= 15 is 0 Å². The lowest BCUT2D eigenvalue weighted by atomic mass is 10.1. The maximum absolute atomic E-state index is 12.0. The Kier molecular flexibility index (Phi) is 5.59. The van der Waals surface area contributed by atoms with Crippen molar-refractivity contribution in [2.45, 2.75) is 12.5 Å². The van der Waals surface area contributed by atoms with Crippen LogP contribution in [0.25, 0.3) is 0 Å². The van der Waals surface area contributed by atoms with Gasteiger partial charge in [-0.2, -0.15) is 0 Å². The van der Waals surface area contributed by atoms with Gasteiger partial charge in [0, 0.05) is 19.2 Å². The summed E-state index contributed by atoms with van der Waals surface area (Å²) in [5.74, 6) is -0.629. The predicted octanol–water partition coefficient (Wildman–Crippen LogP) is 0.686. The highest BCUT2D eigenvalue weighted by Crippen LogP contribution is 2.19. The molecule has 0 fully saturated rings. The number of hydrogen-bond donors (Lipinski definition) is 2. The van der Waals surface area contributed by atoms with Gasteiger partial charge in [0.25, 0.3) is 11.6 Å². The second-order valence-electron chi connectivity index (χ2n) is 5.21. The molecule has 9 heteroatoms. The fourth-order valence-electron chi connectivity index (χ4n) is 1.80. The molecule has 0 aromatic carbocycles. The minimum absolute atomic E-state index is 0.0248. The average molecular weight is 317 g/mol. The number of pyridine rings is 1. The lowest BCUT2D eigenvalue weighted by Crippen LogP contribution is -2.47. The van der Waals surface area contributed by atoms with Crippen LogP contribution in [0.3, 0.4) is 0 Å². The summed E-state index contributed by atoms with van der Waals surface area (Å²) in [5.41, 5.74) is -1.57. The van der Waals surface area contributed by atoms with Gasteiger partial charge < -0.3 is 15.3 Å². The van der Waals surface area contributed by atoms with Crippen molar-refractivity contribution in [1.29, 1.82) is 0 Å². The molecular weight excluding hydrogens is 300 g/mol. The normalized spacial score (nSPS) is 13.8. The summed E-state index contributed by atoms with van der Waals surface area (Å²) >= 11 is 5.76. The first-order valence-corrected chi connectivity index (χ1v) is 6.45. The van der Waals surface area contributed by atoms with Crippen LogP contribution in [0.4, 0.5) is 5.69 Å². The molecule has 1 aromatic rings. The summed E-state index contributed by atoms with van der Waals surface area (Å²) in [6, 6.07) is 1.05. The van der Waals surface area contributed by atoms with Gasteiger partial charge in [0.05, 0.1) is 16.1 Å². The molecular formula is C12H17ClN4O4. The van der Waals surface area contributed by atoms with Crippen LogP contribution < -0.4 is 5.32 Å². The lowest BCUT2D eigenvalue weighted by Gasteiger charge is -2.27. The number of halogens is 1. The Morgan fingerprint density at radius 1 is 1.62 bits per heavy atom. The summed E-state index contributed by atoms with van der Waals surface area (Å²) in [4.78, 5) is 27.4. The zero-order valence-electron chi connectivity index (χ0n) is 12.0. The molecule has 1 heterocycles. The number of carbonyl (C=O) groups excluding carboxylic acids is 1. The highest BCUT2D eigenvalue weighted by Gasteiger charge is 2.24. The van der Waals surface area contributed by atoms with Crippen LogP contribution in [0, 0.1) is 10.1 Å². The summed E-state index contributed by atoms with van der Waals surface area (Å²) in [6.45, 7) is 1.89. The quantitative estimate of drug-likeness (QED) is 0.454. The molecule has 0 radical (unpaired) electrons. The van der Waals surface area contributed by atoms with Crippen LogP contribution >= 0.6 is 11.6 Å². The molecule has 0 aliphatic rings. The van der Waals surface area contributed by atoms with E-state index in [4.69, 9.17) is 11.6 Å². The van der Waals surface area contributed by atoms with E-state index in [1.165, 1.54) is 0 Å². The highest BCUT2D eigenvalue weighted by molar-refractivity contribution is 6.32. The Balaban J connectivity index is 2.80. The molecule has 8 nitrogen and oxygen atoms in total. The van der Waals surface area contributed by atoms with E-state index in [1.54, 1.807) is 25.9 Å². The Hall–Kier alpha value is -1.77. The van der Waals surface area contributed by atoms with Gasteiger partial charge in [-0.15, -0.1) is 0 Å². The molecule has 0 bridgehead atoms. The third-order valence-electron chi connectivity index (χ3n) is 2.57. The number of rotatable bonds is 6. The van der Waals surface area contributed by atoms with E-state index in [9.17, 15) is 20.0 Å². The summed E-state index contributed by atoms with van der Waals surface area (Å²) in [7, 11) is 3.58. The summed E-state index contributed by atoms with van der Waals surface area (Å²) in [5, 5.41) is 23.1. The van der Waals surface area contributed by atoms with Crippen molar-refractivity contribution in [3.05, 3.63) is 33.1 Å². The molecule has 2 N–H and O–H groups in total. The maximum atomic E-state index is 12.0. The minimum Gasteiger partial charge on any atom is -0.387 e. The topological polar surface area (TPSA) is 109 Å². The first-order valence-electron chi connectivity index (χ1n) is 6.07. The molecule has 21 heavy (non-hydrogen) atoms. The molecule has 0 aliphatic heterocycles. The zero-order valence-corrected chi connectivity index (χ0v) is 12.7. The van der Waals surface area contributed by atoms with Crippen LogP contribution in [0.15, 0.2) is 12.3 Å². The number of nitrogens with zero attached hydrogens (tertiary/aromatic N) is 3. The Morgan fingerprint density at radius 3 is 2.76 bits per heavy atom. The largest absolute Gasteiger partial charge is 0.387 e. The second-order valence-corrected chi connectivity index (χ2v) is 5.56. The van der Waals surface area contributed by atoms with Gasteiger partial charge in [0.2, 0.25) is 0 Å². The van der Waals surface area contributed by atoms with Crippen LogP contribution in [0.2, 0.25) is 5.15 Å². The summed E-state index contributed by atoms with van der Waals surface area (Å²) < 4.78 is 0. The first kappa shape index (κ1) is 17.3. The molecule has 1 atom stereocenters. The van der Waals surface area contributed by atoms with Crippen molar-refractivity contribution in [2.75, 3.05) is 27.2 Å². The number of carbonyl (C=O) groups is 1. The smallest absolute Gasteiger partial charge is 0.288 e. The Labute approximate surface area is 126 Å². The van der Waals surface area contributed by atoms with Gasteiger partial charge in [-0.05, 0) is 21.0 Å². The van der Waals surface area contributed by atoms with Crippen molar-refractivity contribution in [1.82, 2.24) is 15.2 Å². The number of amides is 1. The van der Waals surface area contributed by atoms with Crippen LogP contribution in [-0.4, -0.2) is 58.6 Å². The molecule has 0 aliphatic carbocycles. The molecule has 0 saturated heterocycles. The molecule has 1 rings (SSSR count). The van der Waals surface area contributed by atoms with Crippen molar-refractivity contribution >= 4 is 23.2 Å². The molecule has 0 spiro atoms. The van der Waals surface area contributed by atoms with Crippen LogP contribution in [0.5, 0.6) is 0 Å². The molecule has 1 unspecified atom stereocenters. The minimum atomic E-state index is -1.14. The van der Waals surface area contributed by atoms with E-state index in [0.717, 1.165) is 12.3 Å². The van der Waals surface area contributed by atoms with Gasteiger partial charge >= 0.3 is 0 Å². The van der Waals surface area contributed by atoms with Crippen molar-refractivity contribution < 1.29 is 14.8 Å². The molecule has 1 amide bonds. The van der Waals surface area contributed by atoms with Gasteiger partial charge in [-0.3, -0.25) is 14.9 Å². The number of likely N-dealkylation sites (N-methyl/N-ethyl adjacent to an activating group) is 1. The third-order valence-corrected chi connectivity index (χ3v) is 2.87. The fraction of sp³-hybridized carbons (Fsp3) is 0.500. The number of aromatic nitrogens is 1. The molecule has 0 saturated carbocycles. The van der Waals surface area contributed by atoms with Gasteiger partial charge in [-0.25, -0.2) is 4.98 Å². The third kappa shape index (κ3) is 5.25. The van der Waals surface area contributed by atoms with Crippen molar-refractivity contribution in [2.24, 2.45) is 0 Å². The van der Waals surface area contributed by atoms with Gasteiger partial charge in [0.1, 0.15) is 11.3 Å². The predicted molar refractivity (Wildman–Crippen MR) is 77.4 cm³/mol. The number of nitrogens with one attached hydrogen (secondary N) is 1. The highest BCUT2D eigenvalue weighted by atomic mass is 35.5. The first-order chi connectivity index (χ1) is 9.62. The number of hydrogen-bond acceptors (Lipinski definition) is 6. The van der Waals surface area contributed by atoms with Crippen LogP contribution in [-0.2, 0) is 0 Å². The molecule has 1 aromatic heterocycles. The van der Waals surface area contributed by atoms with Crippen molar-refractivity contribution in [3.63, 3.8) is 0 Å². The van der Waals surface area contributed by atoms with Crippen molar-refractivity contribution in [3.8, 4) is 0 Å². The SMILES string of the molecule is CN(C)CC(C)(O)CNC(=O)c1cc([N+](=O)[O-])cnc1Cl. The molecule has 116 valence electrons. The number of nitro groups is 1. The maximum Gasteiger partial charge on any atom is 0.288 e.